The fourth-order valence-electron chi connectivity index (χ4n) is 2.03. The zero-order chi connectivity index (χ0) is 13.4. The number of aryl methyl sites for hydroxylation is 1. The second-order valence-electron chi connectivity index (χ2n) is 4.71. The molecule has 0 spiro atoms. The molecule has 0 saturated heterocycles. The van der Waals surface area contributed by atoms with Crippen molar-refractivity contribution in [2.75, 3.05) is 22.2 Å². The van der Waals surface area contributed by atoms with Gasteiger partial charge in [0.25, 0.3) is 0 Å². The molecular formula is C15H22Br2S. The SMILES string of the molecule is CCSCCCC(CBr)(CBr)c1ccc(C)cc1. The number of benzene rings is 1. The third-order valence-corrected chi connectivity index (χ3v) is 6.46. The maximum Gasteiger partial charge on any atom is 0.0147 e. The largest absolute Gasteiger partial charge is 0.162 e. The summed E-state index contributed by atoms with van der Waals surface area (Å²) in [4.78, 5) is 0. The molecule has 0 aromatic heterocycles. The highest BCUT2D eigenvalue weighted by Crippen LogP contribution is 2.34. The molecule has 0 nitrogen and oxygen atoms in total. The number of rotatable bonds is 8. The molecule has 0 bridgehead atoms. The van der Waals surface area contributed by atoms with Gasteiger partial charge in [-0.3, -0.25) is 0 Å². The normalized spacial score (nSPS) is 11.8. The van der Waals surface area contributed by atoms with Crippen LogP contribution < -0.4 is 0 Å². The number of alkyl halides is 2. The smallest absolute Gasteiger partial charge is 0.0147 e. The molecule has 0 unspecified atom stereocenters. The molecule has 1 aromatic rings. The lowest BCUT2D eigenvalue weighted by Gasteiger charge is -2.31. The molecule has 102 valence electrons. The first-order valence-electron chi connectivity index (χ1n) is 6.45. The molecule has 18 heavy (non-hydrogen) atoms. The molecule has 0 heterocycles. The van der Waals surface area contributed by atoms with Crippen molar-refractivity contribution >= 4 is 43.6 Å². The van der Waals surface area contributed by atoms with E-state index >= 15 is 0 Å². The van der Waals surface area contributed by atoms with Crippen LogP contribution in [0.4, 0.5) is 0 Å². The summed E-state index contributed by atoms with van der Waals surface area (Å²) in [6, 6.07) is 9.00. The third-order valence-electron chi connectivity index (χ3n) is 3.32. The van der Waals surface area contributed by atoms with E-state index in [1.807, 2.05) is 11.8 Å². The molecule has 0 saturated carbocycles. The van der Waals surface area contributed by atoms with Gasteiger partial charge in [-0.1, -0.05) is 68.6 Å². The third kappa shape index (κ3) is 4.57. The Kier molecular flexibility index (Phi) is 7.97. The molecule has 0 aliphatic heterocycles. The van der Waals surface area contributed by atoms with Crippen LogP contribution >= 0.6 is 43.6 Å². The maximum absolute atomic E-state index is 3.72. The second-order valence-corrected chi connectivity index (χ2v) is 7.23. The van der Waals surface area contributed by atoms with Crippen molar-refractivity contribution in [3.63, 3.8) is 0 Å². The molecule has 1 aromatic carbocycles. The zero-order valence-corrected chi connectivity index (χ0v) is 15.2. The zero-order valence-electron chi connectivity index (χ0n) is 11.2. The monoisotopic (exact) mass is 392 g/mol. The van der Waals surface area contributed by atoms with Crippen LogP contribution in [0, 0.1) is 6.92 Å². The van der Waals surface area contributed by atoms with Gasteiger partial charge in [-0.2, -0.15) is 11.8 Å². The summed E-state index contributed by atoms with van der Waals surface area (Å²) in [7, 11) is 0. The van der Waals surface area contributed by atoms with Gasteiger partial charge in [0.15, 0.2) is 0 Å². The number of thioether (sulfide) groups is 1. The van der Waals surface area contributed by atoms with Gasteiger partial charge in [0.1, 0.15) is 0 Å². The molecule has 0 radical (unpaired) electrons. The summed E-state index contributed by atoms with van der Waals surface area (Å²) in [6.45, 7) is 4.37. The Labute approximate surface area is 133 Å². The van der Waals surface area contributed by atoms with Gasteiger partial charge in [-0.25, -0.2) is 0 Å². The van der Waals surface area contributed by atoms with Crippen molar-refractivity contribution < 1.29 is 0 Å². The van der Waals surface area contributed by atoms with Crippen LogP contribution in [-0.4, -0.2) is 22.2 Å². The summed E-state index contributed by atoms with van der Waals surface area (Å²) < 4.78 is 0. The van der Waals surface area contributed by atoms with Crippen molar-refractivity contribution in [3.8, 4) is 0 Å². The van der Waals surface area contributed by atoms with Crippen molar-refractivity contribution in [3.05, 3.63) is 35.4 Å². The highest BCUT2D eigenvalue weighted by molar-refractivity contribution is 9.09. The highest BCUT2D eigenvalue weighted by Gasteiger charge is 2.29. The van der Waals surface area contributed by atoms with Crippen molar-refractivity contribution in [1.29, 1.82) is 0 Å². The Hall–Kier alpha value is 0.530. The fourth-order valence-corrected chi connectivity index (χ4v) is 4.81. The minimum atomic E-state index is 0.238. The summed E-state index contributed by atoms with van der Waals surface area (Å²) in [5.41, 5.74) is 3.02. The minimum Gasteiger partial charge on any atom is -0.162 e. The maximum atomic E-state index is 3.72. The minimum absolute atomic E-state index is 0.238. The van der Waals surface area contributed by atoms with E-state index in [0.29, 0.717) is 0 Å². The molecule has 0 N–H and O–H groups in total. The van der Waals surface area contributed by atoms with E-state index in [1.54, 1.807) is 0 Å². The highest BCUT2D eigenvalue weighted by atomic mass is 79.9. The molecule has 0 aliphatic rings. The van der Waals surface area contributed by atoms with Crippen molar-refractivity contribution in [2.24, 2.45) is 0 Å². The van der Waals surface area contributed by atoms with Crippen LogP contribution in [0.15, 0.2) is 24.3 Å². The number of halogens is 2. The molecule has 0 atom stereocenters. The van der Waals surface area contributed by atoms with Gasteiger partial charge in [-0.15, -0.1) is 0 Å². The molecule has 0 fully saturated rings. The summed E-state index contributed by atoms with van der Waals surface area (Å²) in [6.07, 6.45) is 2.52. The van der Waals surface area contributed by atoms with E-state index in [0.717, 1.165) is 10.7 Å². The van der Waals surface area contributed by atoms with Gasteiger partial charge in [-0.05, 0) is 36.8 Å². The van der Waals surface area contributed by atoms with Crippen LogP contribution in [0.1, 0.15) is 30.9 Å². The standard InChI is InChI=1S/C15H22Br2S/c1-3-18-10-4-9-15(11-16,12-17)14-7-5-13(2)6-8-14/h5-8H,3-4,9-12H2,1-2H3. The number of hydrogen-bond donors (Lipinski definition) is 0. The van der Waals surface area contributed by atoms with E-state index in [-0.39, 0.29) is 5.41 Å². The second kappa shape index (κ2) is 8.65. The average molecular weight is 394 g/mol. The van der Waals surface area contributed by atoms with Gasteiger partial charge in [0.2, 0.25) is 0 Å². The lowest BCUT2D eigenvalue weighted by molar-refractivity contribution is 0.499. The molecular weight excluding hydrogens is 372 g/mol. The van der Waals surface area contributed by atoms with Gasteiger partial charge in [0.05, 0.1) is 0 Å². The first-order chi connectivity index (χ1) is 8.68. The summed E-state index contributed by atoms with van der Waals surface area (Å²) in [5.74, 6) is 2.49. The van der Waals surface area contributed by atoms with Crippen LogP contribution in [0.5, 0.6) is 0 Å². The van der Waals surface area contributed by atoms with Crippen molar-refractivity contribution in [2.45, 2.75) is 32.1 Å². The van der Waals surface area contributed by atoms with Gasteiger partial charge in [0, 0.05) is 16.1 Å². The topological polar surface area (TPSA) is 0 Å². The summed E-state index contributed by atoms with van der Waals surface area (Å²) >= 11 is 9.48. The van der Waals surface area contributed by atoms with E-state index in [2.05, 4.69) is 70.0 Å². The average Bonchev–Trinajstić information content (AvgIpc) is 2.41. The van der Waals surface area contributed by atoms with Crippen LogP contribution in [0.3, 0.4) is 0 Å². The Balaban J connectivity index is 2.75. The van der Waals surface area contributed by atoms with Gasteiger partial charge >= 0.3 is 0 Å². The Bertz CT molecular complexity index is 331. The number of hydrogen-bond acceptors (Lipinski definition) is 1. The predicted octanol–water partition coefficient (Wildman–Crippen LogP) is 5.56. The fraction of sp³-hybridized carbons (Fsp3) is 0.600. The van der Waals surface area contributed by atoms with E-state index in [9.17, 15) is 0 Å². The molecule has 1 rings (SSSR count). The van der Waals surface area contributed by atoms with E-state index in [4.69, 9.17) is 0 Å². The van der Waals surface area contributed by atoms with Gasteiger partial charge < -0.3 is 0 Å². The first kappa shape index (κ1) is 16.6. The lowest BCUT2D eigenvalue weighted by atomic mass is 9.80. The quantitative estimate of drug-likeness (QED) is 0.411. The molecule has 0 aliphatic carbocycles. The first-order valence-corrected chi connectivity index (χ1v) is 9.85. The predicted molar refractivity (Wildman–Crippen MR) is 92.7 cm³/mol. The summed E-state index contributed by atoms with van der Waals surface area (Å²) in [5, 5.41) is 2.04. The van der Waals surface area contributed by atoms with Crippen LogP contribution in [-0.2, 0) is 5.41 Å². The van der Waals surface area contributed by atoms with E-state index < -0.39 is 0 Å². The Morgan fingerprint density at radius 2 is 1.72 bits per heavy atom. The lowest BCUT2D eigenvalue weighted by Crippen LogP contribution is -2.30. The van der Waals surface area contributed by atoms with Crippen molar-refractivity contribution in [1.82, 2.24) is 0 Å². The Morgan fingerprint density at radius 3 is 2.22 bits per heavy atom. The Morgan fingerprint density at radius 1 is 1.11 bits per heavy atom. The van der Waals surface area contributed by atoms with Crippen LogP contribution in [0.2, 0.25) is 0 Å². The van der Waals surface area contributed by atoms with E-state index in [1.165, 1.54) is 35.5 Å². The molecule has 0 amide bonds. The van der Waals surface area contributed by atoms with Crippen LogP contribution in [0.25, 0.3) is 0 Å². The molecule has 3 heteroatoms.